The van der Waals surface area contributed by atoms with Gasteiger partial charge in [-0.05, 0) is 43.7 Å². The summed E-state index contributed by atoms with van der Waals surface area (Å²) in [5.74, 6) is 1.61. The van der Waals surface area contributed by atoms with Crippen molar-refractivity contribution in [2.45, 2.75) is 44.2 Å². The quantitative estimate of drug-likeness (QED) is 0.857. The molecule has 0 amide bonds. The monoisotopic (exact) mass is 223 g/mol. The number of methoxy groups -OCH3 is 1. The van der Waals surface area contributed by atoms with Gasteiger partial charge in [0.15, 0.2) is 0 Å². The number of furan rings is 1. The van der Waals surface area contributed by atoms with E-state index < -0.39 is 0 Å². The largest absolute Gasteiger partial charge is 0.468 e. The van der Waals surface area contributed by atoms with E-state index >= 15 is 0 Å². The van der Waals surface area contributed by atoms with Gasteiger partial charge in [-0.1, -0.05) is 6.92 Å². The summed E-state index contributed by atoms with van der Waals surface area (Å²) in [6.07, 6.45) is 6.08. The third-order valence-electron chi connectivity index (χ3n) is 3.94. The van der Waals surface area contributed by atoms with Gasteiger partial charge in [-0.15, -0.1) is 0 Å². The molecule has 1 unspecified atom stereocenters. The second-order valence-corrected chi connectivity index (χ2v) is 4.94. The first-order chi connectivity index (χ1) is 7.68. The molecule has 1 saturated carbocycles. The summed E-state index contributed by atoms with van der Waals surface area (Å²) >= 11 is 0. The number of hydrogen-bond acceptors (Lipinski definition) is 3. The lowest BCUT2D eigenvalue weighted by Crippen LogP contribution is -2.45. The van der Waals surface area contributed by atoms with Gasteiger partial charge < -0.3 is 14.9 Å². The fourth-order valence-corrected chi connectivity index (χ4v) is 2.62. The smallest absolute Gasteiger partial charge is 0.123 e. The highest BCUT2D eigenvalue weighted by molar-refractivity contribution is 5.11. The lowest BCUT2D eigenvalue weighted by molar-refractivity contribution is -0.0711. The molecule has 3 nitrogen and oxygen atoms in total. The van der Waals surface area contributed by atoms with E-state index in [0.717, 1.165) is 24.5 Å². The second-order valence-electron chi connectivity index (χ2n) is 4.94. The highest BCUT2D eigenvalue weighted by Gasteiger charge is 2.41. The van der Waals surface area contributed by atoms with Crippen molar-refractivity contribution in [2.75, 3.05) is 7.11 Å². The van der Waals surface area contributed by atoms with Crippen LogP contribution in [0.25, 0.3) is 0 Å². The first-order valence-corrected chi connectivity index (χ1v) is 6.02. The Labute approximate surface area is 97.0 Å². The molecule has 0 aromatic carbocycles. The molecule has 0 saturated heterocycles. The van der Waals surface area contributed by atoms with E-state index in [9.17, 15) is 0 Å². The van der Waals surface area contributed by atoms with Crippen LogP contribution in [0.3, 0.4) is 0 Å². The van der Waals surface area contributed by atoms with Crippen molar-refractivity contribution in [3.63, 3.8) is 0 Å². The summed E-state index contributed by atoms with van der Waals surface area (Å²) in [5, 5.41) is 0. The van der Waals surface area contributed by atoms with Crippen LogP contribution in [0.2, 0.25) is 0 Å². The molecule has 2 N–H and O–H groups in total. The summed E-state index contributed by atoms with van der Waals surface area (Å²) in [4.78, 5) is 0. The van der Waals surface area contributed by atoms with Crippen molar-refractivity contribution in [2.24, 2.45) is 11.7 Å². The molecule has 1 aromatic heterocycles. The Morgan fingerprint density at radius 3 is 2.69 bits per heavy atom. The zero-order valence-corrected chi connectivity index (χ0v) is 10.1. The highest BCUT2D eigenvalue weighted by Crippen LogP contribution is 2.41. The molecule has 1 heterocycles. The Balaban J connectivity index is 2.15. The molecule has 0 bridgehead atoms. The zero-order valence-electron chi connectivity index (χ0n) is 10.1. The fourth-order valence-electron chi connectivity index (χ4n) is 2.62. The van der Waals surface area contributed by atoms with E-state index in [2.05, 4.69) is 6.92 Å². The third-order valence-corrected chi connectivity index (χ3v) is 3.94. The minimum absolute atomic E-state index is 0.153. The Morgan fingerprint density at radius 1 is 1.50 bits per heavy atom. The lowest BCUT2D eigenvalue weighted by Gasteiger charge is -2.41. The molecule has 0 spiro atoms. The predicted octanol–water partition coefficient (Wildman–Crippen LogP) is 2.87. The van der Waals surface area contributed by atoms with Crippen LogP contribution in [0.15, 0.2) is 22.8 Å². The molecule has 2 rings (SSSR count). The van der Waals surface area contributed by atoms with Crippen LogP contribution in [0, 0.1) is 5.92 Å². The minimum atomic E-state index is -0.232. The maximum absolute atomic E-state index is 6.29. The molecule has 3 heteroatoms. The Morgan fingerprint density at radius 2 is 2.19 bits per heavy atom. The van der Waals surface area contributed by atoms with Crippen molar-refractivity contribution in [1.82, 2.24) is 0 Å². The van der Waals surface area contributed by atoms with Gasteiger partial charge in [0, 0.05) is 7.11 Å². The Hall–Kier alpha value is -0.800. The number of ether oxygens (including phenoxy) is 1. The summed E-state index contributed by atoms with van der Waals surface area (Å²) in [7, 11) is 1.76. The maximum atomic E-state index is 6.29. The third kappa shape index (κ3) is 2.02. The van der Waals surface area contributed by atoms with E-state index in [0.29, 0.717) is 0 Å². The van der Waals surface area contributed by atoms with E-state index in [1.807, 2.05) is 12.1 Å². The number of rotatable bonds is 3. The van der Waals surface area contributed by atoms with Gasteiger partial charge in [-0.2, -0.15) is 0 Å². The van der Waals surface area contributed by atoms with Gasteiger partial charge in [-0.25, -0.2) is 0 Å². The fraction of sp³-hybridized carbons (Fsp3) is 0.692. The van der Waals surface area contributed by atoms with Crippen LogP contribution in [0.5, 0.6) is 0 Å². The van der Waals surface area contributed by atoms with Crippen LogP contribution < -0.4 is 5.73 Å². The van der Waals surface area contributed by atoms with E-state index in [-0.39, 0.29) is 11.6 Å². The van der Waals surface area contributed by atoms with E-state index in [4.69, 9.17) is 14.9 Å². The van der Waals surface area contributed by atoms with Crippen LogP contribution in [-0.4, -0.2) is 12.7 Å². The highest BCUT2D eigenvalue weighted by atomic mass is 16.5. The van der Waals surface area contributed by atoms with Crippen LogP contribution in [-0.2, 0) is 4.74 Å². The average molecular weight is 223 g/mol. The van der Waals surface area contributed by atoms with Crippen molar-refractivity contribution in [1.29, 1.82) is 0 Å². The number of nitrogens with two attached hydrogens (primary N) is 1. The van der Waals surface area contributed by atoms with Crippen molar-refractivity contribution in [3.8, 4) is 0 Å². The summed E-state index contributed by atoms with van der Waals surface area (Å²) in [6.45, 7) is 2.29. The maximum Gasteiger partial charge on any atom is 0.123 e. The van der Waals surface area contributed by atoms with Gasteiger partial charge in [0.2, 0.25) is 0 Å². The molecule has 16 heavy (non-hydrogen) atoms. The molecule has 1 aliphatic rings. The second kappa shape index (κ2) is 4.60. The SMILES string of the molecule is COC1(C(N)c2ccco2)CCC(C)CC1. The normalized spacial score (nSPS) is 32.6. The molecule has 1 aromatic rings. The van der Waals surface area contributed by atoms with Gasteiger partial charge in [0.05, 0.1) is 17.9 Å². The standard InChI is InChI=1S/C13H21NO2/c1-10-5-7-13(15-2,8-6-10)12(14)11-4-3-9-16-11/h3-4,9-10,12H,5-8,14H2,1-2H3. The first kappa shape index (κ1) is 11.7. The Bertz CT molecular complexity index is 313. The minimum Gasteiger partial charge on any atom is -0.468 e. The van der Waals surface area contributed by atoms with Gasteiger partial charge in [0.1, 0.15) is 5.76 Å². The van der Waals surface area contributed by atoms with Crippen LogP contribution >= 0.6 is 0 Å². The van der Waals surface area contributed by atoms with Crippen molar-refractivity contribution < 1.29 is 9.15 Å². The predicted molar refractivity (Wildman–Crippen MR) is 63.0 cm³/mol. The van der Waals surface area contributed by atoms with E-state index in [1.165, 1.54) is 12.8 Å². The molecule has 0 aliphatic heterocycles. The van der Waals surface area contributed by atoms with Crippen LogP contribution in [0.4, 0.5) is 0 Å². The molecule has 1 atom stereocenters. The first-order valence-electron chi connectivity index (χ1n) is 6.02. The molecule has 90 valence electrons. The molecular formula is C13H21NO2. The summed E-state index contributed by atoms with van der Waals surface area (Å²) < 4.78 is 11.1. The van der Waals surface area contributed by atoms with E-state index in [1.54, 1.807) is 13.4 Å². The molecule has 1 aliphatic carbocycles. The average Bonchev–Trinajstić information content (AvgIpc) is 2.83. The summed E-state index contributed by atoms with van der Waals surface area (Å²) in [6, 6.07) is 3.66. The van der Waals surface area contributed by atoms with Gasteiger partial charge in [-0.3, -0.25) is 0 Å². The lowest BCUT2D eigenvalue weighted by atomic mass is 9.75. The van der Waals surface area contributed by atoms with Crippen molar-refractivity contribution >= 4 is 0 Å². The molecule has 1 fully saturated rings. The van der Waals surface area contributed by atoms with Crippen LogP contribution in [0.1, 0.15) is 44.4 Å². The molecular weight excluding hydrogens is 202 g/mol. The Kier molecular flexibility index (Phi) is 3.36. The van der Waals surface area contributed by atoms with Gasteiger partial charge in [0.25, 0.3) is 0 Å². The summed E-state index contributed by atoms with van der Waals surface area (Å²) in [5.41, 5.74) is 6.05. The van der Waals surface area contributed by atoms with Crippen molar-refractivity contribution in [3.05, 3.63) is 24.2 Å². The van der Waals surface area contributed by atoms with Gasteiger partial charge >= 0.3 is 0 Å². The number of hydrogen-bond donors (Lipinski definition) is 1. The topological polar surface area (TPSA) is 48.4 Å². The zero-order chi connectivity index (χ0) is 11.6. The molecule has 0 radical (unpaired) electrons.